The number of anilines is 1. The Labute approximate surface area is 139 Å². The third-order valence-electron chi connectivity index (χ3n) is 3.36. The van der Waals surface area contributed by atoms with Gasteiger partial charge in [0.1, 0.15) is 11.6 Å². The van der Waals surface area contributed by atoms with Gasteiger partial charge in [0.15, 0.2) is 5.03 Å². The molecule has 3 aromatic rings. The van der Waals surface area contributed by atoms with Gasteiger partial charge in [-0.05, 0) is 42.0 Å². The highest BCUT2D eigenvalue weighted by molar-refractivity contribution is 7.91. The Morgan fingerprint density at radius 3 is 2.21 bits per heavy atom. The summed E-state index contributed by atoms with van der Waals surface area (Å²) in [6, 6.07) is 17.1. The van der Waals surface area contributed by atoms with Crippen LogP contribution in [-0.4, -0.2) is 18.6 Å². The van der Waals surface area contributed by atoms with E-state index in [1.54, 1.807) is 36.4 Å². The van der Waals surface area contributed by atoms with E-state index in [1.165, 1.54) is 30.3 Å². The Morgan fingerprint density at radius 1 is 0.875 bits per heavy atom. The quantitative estimate of drug-likeness (QED) is 0.771. The van der Waals surface area contributed by atoms with Gasteiger partial charge in [-0.25, -0.2) is 12.8 Å². The second kappa shape index (κ2) is 6.76. The van der Waals surface area contributed by atoms with Crippen molar-refractivity contribution in [1.82, 2.24) is 10.2 Å². The van der Waals surface area contributed by atoms with Crippen LogP contribution >= 0.6 is 0 Å². The lowest BCUT2D eigenvalue weighted by Gasteiger charge is -2.06. The Bertz CT molecular complexity index is 912. The van der Waals surface area contributed by atoms with Crippen LogP contribution in [0.4, 0.5) is 10.2 Å². The number of rotatable bonds is 5. The van der Waals surface area contributed by atoms with Crippen molar-refractivity contribution in [3.8, 4) is 0 Å². The van der Waals surface area contributed by atoms with E-state index in [-0.39, 0.29) is 15.7 Å². The maximum Gasteiger partial charge on any atom is 0.225 e. The summed E-state index contributed by atoms with van der Waals surface area (Å²) in [7, 11) is -3.67. The van der Waals surface area contributed by atoms with Gasteiger partial charge in [0.05, 0.1) is 4.90 Å². The molecule has 0 saturated heterocycles. The second-order valence-electron chi connectivity index (χ2n) is 5.05. The highest BCUT2D eigenvalue weighted by atomic mass is 32.2. The smallest absolute Gasteiger partial charge is 0.225 e. The second-order valence-corrected chi connectivity index (χ2v) is 6.95. The molecule has 0 amide bonds. The molecule has 0 aliphatic rings. The van der Waals surface area contributed by atoms with Gasteiger partial charge >= 0.3 is 0 Å². The van der Waals surface area contributed by atoms with E-state index >= 15 is 0 Å². The summed E-state index contributed by atoms with van der Waals surface area (Å²) < 4.78 is 37.6. The summed E-state index contributed by atoms with van der Waals surface area (Å²) in [5, 5.41) is 10.6. The molecule has 0 radical (unpaired) electrons. The first-order valence-electron chi connectivity index (χ1n) is 7.18. The predicted molar refractivity (Wildman–Crippen MR) is 87.7 cm³/mol. The molecule has 122 valence electrons. The van der Waals surface area contributed by atoms with Gasteiger partial charge in [0, 0.05) is 6.54 Å². The standard InChI is InChI=1S/C17H14FN3O2S/c18-14-8-6-13(7-9-14)12-19-16-10-11-17(21-20-16)24(22,23)15-4-2-1-3-5-15/h1-11H,12H2,(H,19,20). The topological polar surface area (TPSA) is 72.0 Å². The summed E-state index contributed by atoms with van der Waals surface area (Å²) in [6.45, 7) is 0.430. The summed E-state index contributed by atoms with van der Waals surface area (Å²) in [4.78, 5) is 0.173. The van der Waals surface area contributed by atoms with E-state index in [2.05, 4.69) is 15.5 Å². The number of nitrogens with one attached hydrogen (secondary N) is 1. The molecule has 7 heteroatoms. The van der Waals surface area contributed by atoms with E-state index < -0.39 is 9.84 Å². The number of aromatic nitrogens is 2. The summed E-state index contributed by atoms with van der Waals surface area (Å²) in [5.41, 5.74) is 0.874. The average molecular weight is 343 g/mol. The molecule has 1 aromatic heterocycles. The summed E-state index contributed by atoms with van der Waals surface area (Å²) in [6.07, 6.45) is 0. The van der Waals surface area contributed by atoms with Crippen LogP contribution in [0.2, 0.25) is 0 Å². The first-order valence-corrected chi connectivity index (χ1v) is 8.66. The number of benzene rings is 2. The largest absolute Gasteiger partial charge is 0.365 e. The van der Waals surface area contributed by atoms with Crippen LogP contribution in [0.1, 0.15) is 5.56 Å². The normalized spacial score (nSPS) is 11.2. The van der Waals surface area contributed by atoms with Crippen LogP contribution < -0.4 is 5.32 Å². The Kier molecular flexibility index (Phi) is 4.52. The minimum absolute atomic E-state index is 0.110. The highest BCUT2D eigenvalue weighted by Crippen LogP contribution is 2.18. The molecule has 0 aliphatic heterocycles. The van der Waals surface area contributed by atoms with Gasteiger partial charge in [-0.1, -0.05) is 30.3 Å². The summed E-state index contributed by atoms with van der Waals surface area (Å²) >= 11 is 0. The molecule has 1 heterocycles. The number of sulfone groups is 1. The monoisotopic (exact) mass is 343 g/mol. The van der Waals surface area contributed by atoms with Crippen LogP contribution in [0.3, 0.4) is 0 Å². The van der Waals surface area contributed by atoms with Crippen LogP contribution in [0.15, 0.2) is 76.7 Å². The fourth-order valence-electron chi connectivity index (χ4n) is 2.07. The van der Waals surface area contributed by atoms with Gasteiger partial charge in [-0.3, -0.25) is 0 Å². The van der Waals surface area contributed by atoms with Gasteiger partial charge in [-0.15, -0.1) is 10.2 Å². The lowest BCUT2D eigenvalue weighted by molar-refractivity contribution is 0.590. The molecule has 5 nitrogen and oxygen atoms in total. The Morgan fingerprint density at radius 2 is 1.58 bits per heavy atom. The van der Waals surface area contributed by atoms with Crippen molar-refractivity contribution in [3.05, 3.63) is 78.1 Å². The van der Waals surface area contributed by atoms with E-state index in [0.717, 1.165) is 5.56 Å². The molecular formula is C17H14FN3O2S. The van der Waals surface area contributed by atoms with Crippen molar-refractivity contribution in [1.29, 1.82) is 0 Å². The Balaban J connectivity index is 1.72. The molecule has 1 N–H and O–H groups in total. The molecule has 3 rings (SSSR count). The maximum atomic E-state index is 12.8. The molecule has 0 unspecified atom stereocenters. The molecule has 2 aromatic carbocycles. The number of hydrogen-bond acceptors (Lipinski definition) is 5. The highest BCUT2D eigenvalue weighted by Gasteiger charge is 2.19. The maximum absolute atomic E-state index is 12.8. The van der Waals surface area contributed by atoms with E-state index in [0.29, 0.717) is 12.4 Å². The summed E-state index contributed by atoms with van der Waals surface area (Å²) in [5.74, 6) is 0.139. The van der Waals surface area contributed by atoms with Crippen molar-refractivity contribution >= 4 is 15.7 Å². The number of hydrogen-bond donors (Lipinski definition) is 1. The van der Waals surface area contributed by atoms with Crippen molar-refractivity contribution in [2.75, 3.05) is 5.32 Å². The van der Waals surface area contributed by atoms with Gasteiger partial charge < -0.3 is 5.32 Å². The number of halogens is 1. The van der Waals surface area contributed by atoms with E-state index in [4.69, 9.17) is 0 Å². The van der Waals surface area contributed by atoms with Crippen molar-refractivity contribution in [2.24, 2.45) is 0 Å². The third-order valence-corrected chi connectivity index (χ3v) is 5.02. The van der Waals surface area contributed by atoms with Gasteiger partial charge in [0.25, 0.3) is 0 Å². The molecule has 0 spiro atoms. The zero-order chi connectivity index (χ0) is 17.0. The lowest BCUT2D eigenvalue weighted by Crippen LogP contribution is -2.08. The molecule has 0 atom stereocenters. The van der Waals surface area contributed by atoms with Gasteiger partial charge in [-0.2, -0.15) is 0 Å². The minimum atomic E-state index is -3.67. The van der Waals surface area contributed by atoms with E-state index in [9.17, 15) is 12.8 Å². The molecular weight excluding hydrogens is 329 g/mol. The fraction of sp³-hybridized carbons (Fsp3) is 0.0588. The molecule has 0 bridgehead atoms. The van der Waals surface area contributed by atoms with Crippen LogP contribution in [0.25, 0.3) is 0 Å². The predicted octanol–water partition coefficient (Wildman–Crippen LogP) is 3.06. The molecule has 0 aliphatic carbocycles. The Hall–Kier alpha value is -2.80. The average Bonchev–Trinajstić information content (AvgIpc) is 2.62. The van der Waals surface area contributed by atoms with Crippen LogP contribution in [0.5, 0.6) is 0 Å². The molecule has 0 saturated carbocycles. The minimum Gasteiger partial charge on any atom is -0.365 e. The van der Waals surface area contributed by atoms with Crippen LogP contribution in [0, 0.1) is 5.82 Å². The fourth-order valence-corrected chi connectivity index (χ4v) is 3.23. The number of nitrogens with zero attached hydrogens (tertiary/aromatic N) is 2. The van der Waals surface area contributed by atoms with Crippen molar-refractivity contribution in [2.45, 2.75) is 16.5 Å². The van der Waals surface area contributed by atoms with Crippen molar-refractivity contribution in [3.63, 3.8) is 0 Å². The van der Waals surface area contributed by atoms with E-state index in [1.807, 2.05) is 0 Å². The third kappa shape index (κ3) is 3.57. The van der Waals surface area contributed by atoms with Crippen molar-refractivity contribution < 1.29 is 12.8 Å². The zero-order valence-electron chi connectivity index (χ0n) is 12.6. The van der Waals surface area contributed by atoms with Gasteiger partial charge in [0.2, 0.25) is 9.84 Å². The SMILES string of the molecule is O=S(=O)(c1ccccc1)c1ccc(NCc2ccc(F)cc2)nn1. The first kappa shape index (κ1) is 16.1. The first-order chi connectivity index (χ1) is 11.6. The van der Waals surface area contributed by atoms with Crippen LogP contribution in [-0.2, 0) is 16.4 Å². The molecule has 0 fully saturated rings. The lowest BCUT2D eigenvalue weighted by atomic mass is 10.2. The molecule has 24 heavy (non-hydrogen) atoms. The zero-order valence-corrected chi connectivity index (χ0v) is 13.4.